The minimum Gasteiger partial charge on any atom is -0.387 e. The predicted molar refractivity (Wildman–Crippen MR) is 111 cm³/mol. The number of carbonyl (C=O) groups excluding carboxylic acids is 2. The van der Waals surface area contributed by atoms with Gasteiger partial charge in [-0.2, -0.15) is 0 Å². The largest absolute Gasteiger partial charge is 0.387 e. The van der Waals surface area contributed by atoms with Crippen molar-refractivity contribution in [2.24, 2.45) is 0 Å². The van der Waals surface area contributed by atoms with Gasteiger partial charge in [0.05, 0.1) is 12.9 Å². The SMILES string of the molecule is CNC(=O)N(C)CC#Cc1nc(N)c2ncn([C@@H]3O[C@H](C(=O)NC4CC4)[C@@H](O)[C@H]3O)c2n1. The van der Waals surface area contributed by atoms with E-state index >= 15 is 0 Å². The van der Waals surface area contributed by atoms with Crippen LogP contribution in [-0.4, -0.2) is 91.6 Å². The van der Waals surface area contributed by atoms with Gasteiger partial charge in [-0.05, 0) is 18.8 Å². The zero-order valence-corrected chi connectivity index (χ0v) is 17.5. The summed E-state index contributed by atoms with van der Waals surface area (Å²) in [4.78, 5) is 37.9. The van der Waals surface area contributed by atoms with Gasteiger partial charge < -0.3 is 36.2 Å². The third-order valence-corrected chi connectivity index (χ3v) is 5.22. The van der Waals surface area contributed by atoms with Crippen molar-refractivity contribution in [2.45, 2.75) is 43.4 Å². The van der Waals surface area contributed by atoms with Crippen LogP contribution >= 0.6 is 0 Å². The smallest absolute Gasteiger partial charge is 0.317 e. The number of carbonyl (C=O) groups is 2. The van der Waals surface area contributed by atoms with Crippen LogP contribution in [0.5, 0.6) is 0 Å². The van der Waals surface area contributed by atoms with Crippen molar-refractivity contribution < 1.29 is 24.5 Å². The normalized spacial score (nSPS) is 24.6. The van der Waals surface area contributed by atoms with E-state index in [1.165, 1.54) is 22.8 Å². The highest BCUT2D eigenvalue weighted by Crippen LogP contribution is 2.32. The molecule has 170 valence electrons. The van der Waals surface area contributed by atoms with E-state index in [0.717, 1.165) is 12.8 Å². The van der Waals surface area contributed by atoms with Crippen molar-refractivity contribution in [3.63, 3.8) is 0 Å². The molecule has 13 heteroatoms. The molecular formula is C19H24N8O5. The zero-order valence-electron chi connectivity index (χ0n) is 17.5. The highest BCUT2D eigenvalue weighted by molar-refractivity contribution is 5.83. The molecule has 13 nitrogen and oxygen atoms in total. The summed E-state index contributed by atoms with van der Waals surface area (Å²) in [6.45, 7) is 0.134. The monoisotopic (exact) mass is 444 g/mol. The van der Waals surface area contributed by atoms with Crippen LogP contribution in [0.3, 0.4) is 0 Å². The molecule has 4 atom stereocenters. The molecule has 3 amide bonds. The number of nitrogens with two attached hydrogens (primary N) is 1. The van der Waals surface area contributed by atoms with E-state index in [-0.39, 0.29) is 41.4 Å². The van der Waals surface area contributed by atoms with Crippen LogP contribution in [0.4, 0.5) is 10.6 Å². The van der Waals surface area contributed by atoms with Crippen molar-refractivity contribution in [2.75, 3.05) is 26.4 Å². The van der Waals surface area contributed by atoms with E-state index in [1.807, 2.05) is 0 Å². The number of aromatic nitrogens is 4. The minimum absolute atomic E-state index is 0.0637. The van der Waals surface area contributed by atoms with E-state index in [4.69, 9.17) is 10.5 Å². The second-order valence-corrected chi connectivity index (χ2v) is 7.68. The van der Waals surface area contributed by atoms with Gasteiger partial charge in [-0.15, -0.1) is 0 Å². The third kappa shape index (κ3) is 4.15. The molecular weight excluding hydrogens is 420 g/mol. The maximum Gasteiger partial charge on any atom is 0.317 e. The Morgan fingerprint density at radius 3 is 2.78 bits per heavy atom. The second kappa shape index (κ2) is 8.58. The van der Waals surface area contributed by atoms with Crippen LogP contribution in [0.25, 0.3) is 11.2 Å². The molecule has 3 heterocycles. The van der Waals surface area contributed by atoms with Crippen molar-refractivity contribution in [3.8, 4) is 11.8 Å². The Morgan fingerprint density at radius 1 is 1.34 bits per heavy atom. The molecule has 2 aromatic heterocycles. The van der Waals surface area contributed by atoms with E-state index < -0.39 is 30.4 Å². The molecule has 0 spiro atoms. The number of fused-ring (bicyclic) bond motifs is 1. The number of hydrogen-bond donors (Lipinski definition) is 5. The number of aliphatic hydroxyl groups is 2. The molecule has 4 rings (SSSR count). The number of ether oxygens (including phenoxy) is 1. The summed E-state index contributed by atoms with van der Waals surface area (Å²) in [5, 5.41) is 26.1. The Hall–Kier alpha value is -3.47. The molecule has 2 aromatic rings. The zero-order chi connectivity index (χ0) is 23.0. The van der Waals surface area contributed by atoms with E-state index in [1.54, 1.807) is 7.05 Å². The maximum absolute atomic E-state index is 12.4. The lowest BCUT2D eigenvalue weighted by molar-refractivity contribution is -0.137. The average Bonchev–Trinajstić information content (AvgIpc) is 3.40. The van der Waals surface area contributed by atoms with Gasteiger partial charge in [0.2, 0.25) is 5.82 Å². The number of urea groups is 1. The maximum atomic E-state index is 12.4. The molecule has 0 aromatic carbocycles. The number of rotatable bonds is 4. The number of aliphatic hydroxyl groups excluding tert-OH is 2. The first-order valence-corrected chi connectivity index (χ1v) is 10.0. The lowest BCUT2D eigenvalue weighted by Gasteiger charge is -2.16. The minimum atomic E-state index is -1.42. The number of nitrogen functional groups attached to an aromatic ring is 1. The molecule has 2 fully saturated rings. The fraction of sp³-hybridized carbons (Fsp3) is 0.526. The highest BCUT2D eigenvalue weighted by atomic mass is 16.6. The topological polar surface area (TPSA) is 181 Å². The van der Waals surface area contributed by atoms with Crippen molar-refractivity contribution in [3.05, 3.63) is 12.2 Å². The number of amides is 3. The Labute approximate surface area is 183 Å². The van der Waals surface area contributed by atoms with Crippen LogP contribution in [0.2, 0.25) is 0 Å². The van der Waals surface area contributed by atoms with Gasteiger partial charge in [-0.3, -0.25) is 9.36 Å². The van der Waals surface area contributed by atoms with E-state index in [9.17, 15) is 19.8 Å². The number of nitrogens with zero attached hydrogens (tertiary/aromatic N) is 5. The summed E-state index contributed by atoms with van der Waals surface area (Å²) in [7, 11) is 3.10. The van der Waals surface area contributed by atoms with Gasteiger partial charge in [-0.25, -0.2) is 19.7 Å². The number of nitrogens with one attached hydrogen (secondary N) is 2. The quantitative estimate of drug-likeness (QED) is 0.331. The van der Waals surface area contributed by atoms with Crippen LogP contribution in [0, 0.1) is 11.8 Å². The fourth-order valence-electron chi connectivity index (χ4n) is 3.30. The van der Waals surface area contributed by atoms with Gasteiger partial charge in [-0.1, -0.05) is 5.92 Å². The number of hydrogen-bond acceptors (Lipinski definition) is 9. The first-order chi connectivity index (χ1) is 15.3. The summed E-state index contributed by atoms with van der Waals surface area (Å²) in [6.07, 6.45) is -2.05. The molecule has 0 radical (unpaired) electrons. The van der Waals surface area contributed by atoms with Gasteiger partial charge in [0.15, 0.2) is 23.8 Å². The molecule has 1 aliphatic heterocycles. The molecule has 1 aliphatic carbocycles. The predicted octanol–water partition coefficient (Wildman–Crippen LogP) is -2.07. The molecule has 32 heavy (non-hydrogen) atoms. The van der Waals surface area contributed by atoms with E-state index in [2.05, 4.69) is 37.4 Å². The highest BCUT2D eigenvalue weighted by Gasteiger charge is 2.48. The lowest BCUT2D eigenvalue weighted by atomic mass is 10.1. The van der Waals surface area contributed by atoms with Gasteiger partial charge in [0.25, 0.3) is 5.91 Å². The number of imidazole rings is 1. The molecule has 6 N–H and O–H groups in total. The Bertz CT molecular complexity index is 1100. The van der Waals surface area contributed by atoms with Crippen molar-refractivity contribution >= 4 is 28.9 Å². The molecule has 1 saturated carbocycles. The van der Waals surface area contributed by atoms with Crippen LogP contribution in [0.1, 0.15) is 24.9 Å². The Balaban J connectivity index is 1.58. The average molecular weight is 444 g/mol. The van der Waals surface area contributed by atoms with Crippen molar-refractivity contribution in [1.29, 1.82) is 0 Å². The fourth-order valence-corrected chi connectivity index (χ4v) is 3.30. The number of anilines is 1. The summed E-state index contributed by atoms with van der Waals surface area (Å²) in [5.74, 6) is 5.19. The Morgan fingerprint density at radius 2 is 2.09 bits per heavy atom. The third-order valence-electron chi connectivity index (χ3n) is 5.22. The first kappa shape index (κ1) is 21.8. The van der Waals surface area contributed by atoms with Crippen LogP contribution in [0.15, 0.2) is 6.33 Å². The van der Waals surface area contributed by atoms with Gasteiger partial charge in [0, 0.05) is 20.1 Å². The lowest BCUT2D eigenvalue weighted by Crippen LogP contribution is -2.43. The molecule has 1 saturated heterocycles. The summed E-state index contributed by atoms with van der Waals surface area (Å²) < 4.78 is 7.06. The summed E-state index contributed by atoms with van der Waals surface area (Å²) >= 11 is 0. The van der Waals surface area contributed by atoms with Crippen LogP contribution in [-0.2, 0) is 9.53 Å². The molecule has 0 unspecified atom stereocenters. The molecule has 2 aliphatic rings. The first-order valence-electron chi connectivity index (χ1n) is 10.0. The Kier molecular flexibility index (Phi) is 5.83. The molecule has 0 bridgehead atoms. The van der Waals surface area contributed by atoms with Gasteiger partial charge >= 0.3 is 6.03 Å². The van der Waals surface area contributed by atoms with E-state index in [0.29, 0.717) is 0 Å². The summed E-state index contributed by atoms with van der Waals surface area (Å²) in [6, 6.07) is -0.209. The standard InChI is InChI=1S/C19H24N8O5/c1-21-19(31)26(2)7-3-4-10-24-15(20)11-16(25-10)27(8-22-11)18-13(29)12(28)14(32-18)17(30)23-9-5-6-9/h8-9,12-14,18,28-29H,5-7H2,1-2H3,(H,21,31)(H,23,30)(H2,20,24,25)/t12-,13+,14-,18+/m0/s1. The van der Waals surface area contributed by atoms with Gasteiger partial charge in [0.1, 0.15) is 17.7 Å². The second-order valence-electron chi connectivity index (χ2n) is 7.68. The van der Waals surface area contributed by atoms with Crippen molar-refractivity contribution in [1.82, 2.24) is 35.1 Å². The van der Waals surface area contributed by atoms with Crippen LogP contribution < -0.4 is 16.4 Å². The summed E-state index contributed by atoms with van der Waals surface area (Å²) in [5.41, 5.74) is 6.47.